The maximum absolute atomic E-state index is 11.5. The van der Waals surface area contributed by atoms with Crippen LogP contribution in [0.2, 0.25) is 0 Å². The van der Waals surface area contributed by atoms with Gasteiger partial charge in [-0.3, -0.25) is 0 Å². The zero-order valence-electron chi connectivity index (χ0n) is 5.70. The van der Waals surface area contributed by atoms with Gasteiger partial charge in [0.2, 0.25) is 0 Å². The summed E-state index contributed by atoms with van der Waals surface area (Å²) in [6.45, 7) is 3.94. The van der Waals surface area contributed by atoms with E-state index in [0.29, 0.717) is 17.9 Å². The standard InChI is InChI=1S/C6H11O2P/c1-4-6-5(8-6)3-9(4,2)7/h4-6H,3H2,1-2H3/t4-,5-,6-,9-/m0/s1. The van der Waals surface area contributed by atoms with Crippen molar-refractivity contribution in [2.24, 2.45) is 0 Å². The van der Waals surface area contributed by atoms with Gasteiger partial charge >= 0.3 is 0 Å². The van der Waals surface area contributed by atoms with E-state index in [2.05, 4.69) is 0 Å². The van der Waals surface area contributed by atoms with Crippen molar-refractivity contribution in [1.29, 1.82) is 0 Å². The van der Waals surface area contributed by atoms with Crippen LogP contribution in [0.4, 0.5) is 0 Å². The third-order valence-corrected chi connectivity index (χ3v) is 5.60. The lowest BCUT2D eigenvalue weighted by molar-refractivity contribution is 0.363. The van der Waals surface area contributed by atoms with Crippen LogP contribution >= 0.6 is 7.14 Å². The van der Waals surface area contributed by atoms with Gasteiger partial charge in [-0.25, -0.2) is 0 Å². The molecule has 0 amide bonds. The quantitative estimate of drug-likeness (QED) is 0.379. The van der Waals surface area contributed by atoms with Gasteiger partial charge in [0.05, 0.1) is 19.3 Å². The summed E-state index contributed by atoms with van der Waals surface area (Å²) < 4.78 is 16.7. The van der Waals surface area contributed by atoms with E-state index in [9.17, 15) is 4.57 Å². The number of epoxide rings is 1. The fourth-order valence-corrected chi connectivity index (χ4v) is 3.79. The Kier molecular flexibility index (Phi) is 0.945. The molecule has 0 bridgehead atoms. The molecular formula is C6H11O2P. The third-order valence-electron chi connectivity index (χ3n) is 2.50. The Morgan fingerprint density at radius 2 is 2.33 bits per heavy atom. The van der Waals surface area contributed by atoms with E-state index >= 15 is 0 Å². The molecule has 2 saturated heterocycles. The molecule has 0 aromatic carbocycles. The minimum atomic E-state index is -1.77. The number of hydrogen-bond acceptors (Lipinski definition) is 2. The average molecular weight is 146 g/mol. The average Bonchev–Trinajstić information content (AvgIpc) is 2.39. The van der Waals surface area contributed by atoms with Gasteiger partial charge in [0, 0.05) is 11.8 Å². The largest absolute Gasteiger partial charge is 0.368 e. The molecule has 0 aliphatic carbocycles. The van der Waals surface area contributed by atoms with Crippen LogP contribution in [0.15, 0.2) is 0 Å². The van der Waals surface area contributed by atoms with Gasteiger partial charge in [-0.15, -0.1) is 0 Å². The van der Waals surface area contributed by atoms with Crippen LogP contribution in [-0.4, -0.2) is 30.7 Å². The summed E-state index contributed by atoms with van der Waals surface area (Å²) in [6, 6.07) is 0. The monoisotopic (exact) mass is 146 g/mol. The summed E-state index contributed by atoms with van der Waals surface area (Å²) in [4.78, 5) is 0. The van der Waals surface area contributed by atoms with Crippen LogP contribution in [0.1, 0.15) is 6.92 Å². The number of fused-ring (bicyclic) bond motifs is 1. The van der Waals surface area contributed by atoms with Crippen LogP contribution < -0.4 is 0 Å². The van der Waals surface area contributed by atoms with Crippen LogP contribution in [0.5, 0.6) is 0 Å². The highest BCUT2D eigenvalue weighted by atomic mass is 31.2. The Hall–Kier alpha value is 0.190. The minimum absolute atomic E-state index is 0.336. The van der Waals surface area contributed by atoms with Crippen molar-refractivity contribution in [3.63, 3.8) is 0 Å². The smallest absolute Gasteiger partial charge is 0.0940 e. The van der Waals surface area contributed by atoms with Crippen molar-refractivity contribution in [2.75, 3.05) is 12.8 Å². The van der Waals surface area contributed by atoms with Gasteiger partial charge in [-0.1, -0.05) is 6.92 Å². The van der Waals surface area contributed by atoms with Gasteiger partial charge in [0.25, 0.3) is 0 Å². The zero-order chi connectivity index (χ0) is 6.65. The molecule has 52 valence electrons. The highest BCUT2D eigenvalue weighted by Gasteiger charge is 2.57. The summed E-state index contributed by atoms with van der Waals surface area (Å²) in [5.41, 5.74) is 0.336. The van der Waals surface area contributed by atoms with Crippen LogP contribution in [-0.2, 0) is 9.30 Å². The maximum atomic E-state index is 11.5. The van der Waals surface area contributed by atoms with Gasteiger partial charge in [-0.2, -0.15) is 0 Å². The summed E-state index contributed by atoms with van der Waals surface area (Å²) in [7, 11) is -1.77. The lowest BCUT2D eigenvalue weighted by atomic mass is 10.3. The first-order chi connectivity index (χ1) is 4.11. The molecular weight excluding hydrogens is 135 g/mol. The van der Waals surface area contributed by atoms with E-state index in [1.54, 1.807) is 0 Å². The molecule has 2 fully saturated rings. The molecule has 2 rings (SSSR count). The molecule has 0 unspecified atom stereocenters. The molecule has 2 aliphatic heterocycles. The Bertz CT molecular complexity index is 189. The Morgan fingerprint density at radius 1 is 1.67 bits per heavy atom. The number of hydrogen-bond donors (Lipinski definition) is 0. The molecule has 4 atom stereocenters. The molecule has 2 nitrogen and oxygen atoms in total. The second kappa shape index (κ2) is 1.43. The Balaban J connectivity index is 2.26. The second-order valence-corrected chi connectivity index (χ2v) is 6.76. The predicted octanol–water partition coefficient (Wildman–Crippen LogP) is 1.15. The molecule has 0 saturated carbocycles. The first kappa shape index (κ1) is 5.94. The topological polar surface area (TPSA) is 29.6 Å². The summed E-state index contributed by atoms with van der Waals surface area (Å²) in [5.74, 6) is 0. The fraction of sp³-hybridized carbons (Fsp3) is 1.00. The fourth-order valence-electron chi connectivity index (χ4n) is 1.56. The molecule has 2 heterocycles. The highest BCUT2D eigenvalue weighted by molar-refractivity contribution is 7.64. The molecule has 2 aliphatic rings. The summed E-state index contributed by atoms with van der Waals surface area (Å²) in [5, 5.41) is 0. The van der Waals surface area contributed by atoms with E-state index in [1.165, 1.54) is 0 Å². The summed E-state index contributed by atoms with van der Waals surface area (Å²) in [6.07, 6.45) is 1.57. The van der Waals surface area contributed by atoms with Crippen LogP contribution in [0.25, 0.3) is 0 Å². The van der Waals surface area contributed by atoms with Gasteiger partial charge in [-0.05, 0) is 6.66 Å². The molecule has 0 aromatic rings. The van der Waals surface area contributed by atoms with E-state index in [4.69, 9.17) is 4.74 Å². The maximum Gasteiger partial charge on any atom is 0.0940 e. The van der Waals surface area contributed by atoms with E-state index in [-0.39, 0.29) is 0 Å². The van der Waals surface area contributed by atoms with Crippen molar-refractivity contribution >= 4 is 7.14 Å². The molecule has 0 radical (unpaired) electrons. The van der Waals surface area contributed by atoms with Gasteiger partial charge in [0.15, 0.2) is 0 Å². The number of rotatable bonds is 0. The molecule has 9 heavy (non-hydrogen) atoms. The van der Waals surface area contributed by atoms with Crippen molar-refractivity contribution in [3.05, 3.63) is 0 Å². The van der Waals surface area contributed by atoms with Crippen molar-refractivity contribution < 1.29 is 9.30 Å². The predicted molar refractivity (Wildman–Crippen MR) is 36.5 cm³/mol. The SMILES string of the molecule is C[C@H]1[C@@H]2O[C@H]2C[P@]1(C)=O. The third kappa shape index (κ3) is 0.699. The minimum Gasteiger partial charge on any atom is -0.368 e. The van der Waals surface area contributed by atoms with Crippen molar-refractivity contribution in [1.82, 2.24) is 0 Å². The van der Waals surface area contributed by atoms with E-state index < -0.39 is 7.14 Å². The van der Waals surface area contributed by atoms with Crippen molar-refractivity contribution in [3.8, 4) is 0 Å². The van der Waals surface area contributed by atoms with Crippen LogP contribution in [0, 0.1) is 0 Å². The molecule has 0 spiro atoms. The first-order valence-electron chi connectivity index (χ1n) is 3.33. The highest BCUT2D eigenvalue weighted by Crippen LogP contribution is 2.61. The van der Waals surface area contributed by atoms with E-state index in [0.717, 1.165) is 6.16 Å². The Morgan fingerprint density at radius 3 is 2.56 bits per heavy atom. The normalized spacial score (nSPS) is 63.6. The second-order valence-electron chi connectivity index (χ2n) is 3.24. The molecule has 0 aromatic heterocycles. The van der Waals surface area contributed by atoms with Gasteiger partial charge in [0.1, 0.15) is 0 Å². The summed E-state index contributed by atoms with van der Waals surface area (Å²) >= 11 is 0. The molecule has 0 N–H and O–H groups in total. The van der Waals surface area contributed by atoms with Crippen LogP contribution in [0.3, 0.4) is 0 Å². The van der Waals surface area contributed by atoms with E-state index in [1.807, 2.05) is 13.6 Å². The number of ether oxygens (including phenoxy) is 1. The van der Waals surface area contributed by atoms with Gasteiger partial charge < -0.3 is 9.30 Å². The lowest BCUT2D eigenvalue weighted by Crippen LogP contribution is -2.05. The zero-order valence-corrected chi connectivity index (χ0v) is 6.60. The van der Waals surface area contributed by atoms with Crippen molar-refractivity contribution in [2.45, 2.75) is 24.8 Å². The Labute approximate surface area is 55.0 Å². The first-order valence-corrected chi connectivity index (χ1v) is 5.74. The lowest BCUT2D eigenvalue weighted by Gasteiger charge is -2.12. The molecule has 3 heteroatoms.